The number of nitrogens with two attached hydrogens (primary N) is 1. The van der Waals surface area contributed by atoms with Gasteiger partial charge in [-0.15, -0.1) is 0 Å². The van der Waals surface area contributed by atoms with Crippen LogP contribution in [0.15, 0.2) is 18.2 Å². The lowest BCUT2D eigenvalue weighted by Crippen LogP contribution is -2.25. The molecule has 0 saturated carbocycles. The predicted octanol–water partition coefficient (Wildman–Crippen LogP) is 2.14. The van der Waals surface area contributed by atoms with Crippen LogP contribution in [0.25, 0.3) is 10.9 Å². The number of aromatic nitrogens is 2. The molecule has 5 heteroatoms. The Hall–Kier alpha value is -0.820. The first-order valence-electron chi connectivity index (χ1n) is 4.80. The highest BCUT2D eigenvalue weighted by molar-refractivity contribution is 14.1. The van der Waals surface area contributed by atoms with Gasteiger partial charge >= 0.3 is 0 Å². The van der Waals surface area contributed by atoms with Crippen LogP contribution in [0, 0.1) is 3.70 Å². The molecule has 0 radical (unpaired) electrons. The largest absolute Gasteiger partial charge is 0.399 e. The third kappa shape index (κ3) is 1.41. The summed E-state index contributed by atoms with van der Waals surface area (Å²) in [4.78, 5) is 0. The Morgan fingerprint density at radius 2 is 2.33 bits per heavy atom. The van der Waals surface area contributed by atoms with Crippen molar-refractivity contribution >= 4 is 39.2 Å². The molecule has 1 aliphatic heterocycles. The summed E-state index contributed by atoms with van der Waals surface area (Å²) in [6, 6.07) is 5.86. The molecule has 78 valence electrons. The Bertz CT molecular complexity index is 519. The maximum Gasteiger partial charge on any atom is 0.153 e. The summed E-state index contributed by atoms with van der Waals surface area (Å²) < 4.78 is 8.36. The Morgan fingerprint density at radius 3 is 3.00 bits per heavy atom. The summed E-state index contributed by atoms with van der Waals surface area (Å²) in [6.07, 6.45) is 1.15. The van der Waals surface area contributed by atoms with Gasteiger partial charge in [0, 0.05) is 17.5 Å². The molecule has 1 saturated heterocycles. The third-order valence-electron chi connectivity index (χ3n) is 2.63. The highest BCUT2D eigenvalue weighted by Crippen LogP contribution is 2.30. The number of benzene rings is 1. The number of nitrogen functional groups attached to an aromatic ring is 1. The first-order chi connectivity index (χ1) is 7.25. The van der Waals surface area contributed by atoms with Gasteiger partial charge in [-0.1, -0.05) is 0 Å². The van der Waals surface area contributed by atoms with Gasteiger partial charge in [0.2, 0.25) is 0 Å². The Labute approximate surface area is 101 Å². The van der Waals surface area contributed by atoms with Crippen LogP contribution in [-0.2, 0) is 4.74 Å². The van der Waals surface area contributed by atoms with Crippen molar-refractivity contribution in [3.63, 3.8) is 0 Å². The van der Waals surface area contributed by atoms with Crippen molar-refractivity contribution in [1.29, 1.82) is 0 Å². The van der Waals surface area contributed by atoms with E-state index < -0.39 is 0 Å². The summed E-state index contributed by atoms with van der Waals surface area (Å²) in [6.45, 7) is 0.831. The number of nitrogens with zero attached hydrogens (tertiary/aromatic N) is 2. The second-order valence-electron chi connectivity index (χ2n) is 3.63. The predicted molar refractivity (Wildman–Crippen MR) is 66.5 cm³/mol. The van der Waals surface area contributed by atoms with Crippen molar-refractivity contribution in [2.45, 2.75) is 12.6 Å². The van der Waals surface area contributed by atoms with Crippen LogP contribution in [0.4, 0.5) is 5.69 Å². The minimum absolute atomic E-state index is 0.111. The van der Waals surface area contributed by atoms with Gasteiger partial charge in [0.25, 0.3) is 0 Å². The quantitative estimate of drug-likeness (QED) is 0.648. The zero-order valence-corrected chi connectivity index (χ0v) is 10.1. The van der Waals surface area contributed by atoms with Crippen LogP contribution >= 0.6 is 22.6 Å². The minimum Gasteiger partial charge on any atom is -0.399 e. The molecule has 2 heterocycles. The van der Waals surface area contributed by atoms with E-state index in [1.165, 1.54) is 0 Å². The molecule has 2 N–H and O–H groups in total. The van der Waals surface area contributed by atoms with Gasteiger partial charge in [-0.3, -0.25) is 0 Å². The molecule has 1 aromatic heterocycles. The molecular weight excluding hydrogens is 305 g/mol. The monoisotopic (exact) mass is 315 g/mol. The van der Waals surface area contributed by atoms with E-state index in [2.05, 4.69) is 27.7 Å². The molecule has 1 aliphatic rings. The van der Waals surface area contributed by atoms with E-state index in [0.29, 0.717) is 0 Å². The Balaban J connectivity index is 2.22. The SMILES string of the molecule is Nc1ccc2c(c1)c(I)nn2C1CCO1. The standard InChI is InChI=1S/C10H10IN3O/c11-10-7-5-6(12)1-2-8(7)14(13-10)9-3-4-15-9/h1-2,5,9H,3-4,12H2. The topological polar surface area (TPSA) is 53.1 Å². The zero-order valence-electron chi connectivity index (χ0n) is 7.98. The zero-order chi connectivity index (χ0) is 10.4. The van der Waals surface area contributed by atoms with Crippen LogP contribution in [0.1, 0.15) is 12.6 Å². The molecule has 0 spiro atoms. The van der Waals surface area contributed by atoms with E-state index in [4.69, 9.17) is 10.5 Å². The minimum atomic E-state index is 0.111. The van der Waals surface area contributed by atoms with Gasteiger partial charge in [-0.25, -0.2) is 4.68 Å². The van der Waals surface area contributed by atoms with Crippen LogP contribution in [0.5, 0.6) is 0 Å². The number of fused-ring (bicyclic) bond motifs is 1. The fraction of sp³-hybridized carbons (Fsp3) is 0.300. The lowest BCUT2D eigenvalue weighted by Gasteiger charge is -2.27. The van der Waals surface area contributed by atoms with Crippen LogP contribution in [0.3, 0.4) is 0 Å². The van der Waals surface area contributed by atoms with Crippen LogP contribution in [-0.4, -0.2) is 16.4 Å². The first kappa shape index (κ1) is 9.41. The molecule has 1 fully saturated rings. The van der Waals surface area contributed by atoms with Crippen molar-refractivity contribution in [2.75, 3.05) is 12.3 Å². The highest BCUT2D eigenvalue weighted by atomic mass is 127. The van der Waals surface area contributed by atoms with Crippen molar-refractivity contribution in [2.24, 2.45) is 0 Å². The lowest BCUT2D eigenvalue weighted by atomic mass is 10.2. The first-order valence-corrected chi connectivity index (χ1v) is 5.88. The molecule has 1 atom stereocenters. The second kappa shape index (κ2) is 3.34. The molecule has 0 aliphatic carbocycles. The van der Waals surface area contributed by atoms with E-state index in [9.17, 15) is 0 Å². The number of ether oxygens (including phenoxy) is 1. The normalized spacial score (nSPS) is 20.5. The molecule has 1 aromatic carbocycles. The molecule has 4 nitrogen and oxygen atoms in total. The maximum absolute atomic E-state index is 5.75. The Kier molecular flexibility index (Phi) is 2.10. The second-order valence-corrected chi connectivity index (χ2v) is 4.65. The summed E-state index contributed by atoms with van der Waals surface area (Å²) in [5.74, 6) is 0. The van der Waals surface area contributed by atoms with E-state index in [1.807, 2.05) is 22.9 Å². The van der Waals surface area contributed by atoms with Gasteiger partial charge in [0.15, 0.2) is 6.23 Å². The molecule has 3 rings (SSSR count). The maximum atomic E-state index is 5.75. The summed E-state index contributed by atoms with van der Waals surface area (Å²) in [5.41, 5.74) is 7.62. The van der Waals surface area contributed by atoms with Crippen molar-refractivity contribution < 1.29 is 4.74 Å². The summed E-state index contributed by atoms with van der Waals surface area (Å²) in [7, 11) is 0. The molecule has 0 bridgehead atoms. The van der Waals surface area contributed by atoms with Crippen molar-refractivity contribution in [1.82, 2.24) is 9.78 Å². The van der Waals surface area contributed by atoms with E-state index in [0.717, 1.165) is 33.3 Å². The molecule has 2 aromatic rings. The van der Waals surface area contributed by atoms with Gasteiger partial charge < -0.3 is 10.5 Å². The highest BCUT2D eigenvalue weighted by Gasteiger charge is 2.23. The number of halogens is 1. The Morgan fingerprint density at radius 1 is 1.53 bits per heavy atom. The molecule has 15 heavy (non-hydrogen) atoms. The smallest absolute Gasteiger partial charge is 0.153 e. The summed E-state index contributed by atoms with van der Waals surface area (Å²) >= 11 is 2.23. The van der Waals surface area contributed by atoms with Gasteiger partial charge in [0.1, 0.15) is 3.70 Å². The van der Waals surface area contributed by atoms with E-state index >= 15 is 0 Å². The number of anilines is 1. The van der Waals surface area contributed by atoms with Crippen molar-refractivity contribution in [3.05, 3.63) is 21.9 Å². The van der Waals surface area contributed by atoms with E-state index in [1.54, 1.807) is 0 Å². The van der Waals surface area contributed by atoms with Crippen LogP contribution in [0.2, 0.25) is 0 Å². The van der Waals surface area contributed by atoms with Gasteiger partial charge in [-0.2, -0.15) is 5.10 Å². The van der Waals surface area contributed by atoms with E-state index in [-0.39, 0.29) is 6.23 Å². The average Bonchev–Trinajstić information content (AvgIpc) is 2.41. The molecule has 1 unspecified atom stereocenters. The number of hydrogen-bond acceptors (Lipinski definition) is 3. The van der Waals surface area contributed by atoms with Crippen molar-refractivity contribution in [3.8, 4) is 0 Å². The molecular formula is C10H10IN3O. The summed E-state index contributed by atoms with van der Waals surface area (Å²) in [5, 5.41) is 5.58. The van der Waals surface area contributed by atoms with Gasteiger partial charge in [-0.05, 0) is 40.8 Å². The fourth-order valence-electron chi connectivity index (χ4n) is 1.76. The fourth-order valence-corrected chi connectivity index (χ4v) is 2.42. The third-order valence-corrected chi connectivity index (χ3v) is 3.43. The molecule has 0 amide bonds. The van der Waals surface area contributed by atoms with Gasteiger partial charge in [0.05, 0.1) is 12.1 Å². The lowest BCUT2D eigenvalue weighted by molar-refractivity contribution is -0.104. The number of rotatable bonds is 1. The number of hydrogen-bond donors (Lipinski definition) is 1. The average molecular weight is 315 g/mol. The van der Waals surface area contributed by atoms with Crippen LogP contribution < -0.4 is 5.73 Å².